The van der Waals surface area contributed by atoms with Crippen LogP contribution in [0.4, 0.5) is 14.5 Å². The molecule has 1 unspecified atom stereocenters. The summed E-state index contributed by atoms with van der Waals surface area (Å²) in [5.41, 5.74) is 0.727. The number of nitrogens with zero attached hydrogens (tertiary/aromatic N) is 1. The lowest BCUT2D eigenvalue weighted by atomic mass is 10.0. The quantitative estimate of drug-likeness (QED) is 0.888. The van der Waals surface area contributed by atoms with Crippen molar-refractivity contribution in [1.82, 2.24) is 5.32 Å². The third-order valence-corrected chi connectivity index (χ3v) is 3.57. The fraction of sp³-hybridized carbons (Fsp3) is 0.571. The van der Waals surface area contributed by atoms with Crippen molar-refractivity contribution in [2.45, 2.75) is 31.7 Å². The second-order valence-electron chi connectivity index (χ2n) is 4.96. The van der Waals surface area contributed by atoms with Crippen LogP contribution in [0.15, 0.2) is 18.2 Å². The predicted octanol–water partition coefficient (Wildman–Crippen LogP) is 2.93. The van der Waals surface area contributed by atoms with E-state index in [1.165, 1.54) is 31.4 Å². The van der Waals surface area contributed by atoms with Crippen LogP contribution >= 0.6 is 0 Å². The van der Waals surface area contributed by atoms with Gasteiger partial charge in [0.15, 0.2) is 11.6 Å². The number of nitrogens with one attached hydrogen (secondary N) is 1. The van der Waals surface area contributed by atoms with Crippen molar-refractivity contribution in [1.29, 1.82) is 0 Å². The standard InChI is InChI=1S/C14H20F2N2/c1-18(9-7-11-4-2-3-8-17-11)12-5-6-13(15)14(16)10-12/h5-6,10-11,17H,2-4,7-9H2,1H3. The predicted molar refractivity (Wildman–Crippen MR) is 69.9 cm³/mol. The zero-order chi connectivity index (χ0) is 13.0. The van der Waals surface area contributed by atoms with E-state index < -0.39 is 11.6 Å². The number of hydrogen-bond acceptors (Lipinski definition) is 2. The molecule has 1 aliphatic rings. The van der Waals surface area contributed by atoms with Crippen LogP contribution in [-0.4, -0.2) is 26.2 Å². The Morgan fingerprint density at radius 2 is 2.11 bits per heavy atom. The lowest BCUT2D eigenvalue weighted by molar-refractivity contribution is 0.384. The summed E-state index contributed by atoms with van der Waals surface area (Å²) in [5, 5.41) is 3.49. The summed E-state index contributed by atoms with van der Waals surface area (Å²) in [5.74, 6) is -1.57. The molecule has 1 aromatic rings. The van der Waals surface area contributed by atoms with Gasteiger partial charge in [-0.15, -0.1) is 0 Å². The lowest BCUT2D eigenvalue weighted by Crippen LogP contribution is -2.36. The van der Waals surface area contributed by atoms with Gasteiger partial charge in [-0.05, 0) is 37.9 Å². The van der Waals surface area contributed by atoms with Gasteiger partial charge >= 0.3 is 0 Å². The molecule has 18 heavy (non-hydrogen) atoms. The zero-order valence-electron chi connectivity index (χ0n) is 10.8. The fourth-order valence-electron chi connectivity index (χ4n) is 2.37. The Morgan fingerprint density at radius 3 is 2.78 bits per heavy atom. The number of benzene rings is 1. The minimum absolute atomic E-state index is 0.562. The molecule has 0 radical (unpaired) electrons. The molecule has 1 N–H and O–H groups in total. The Bertz CT molecular complexity index is 389. The second kappa shape index (κ2) is 6.14. The summed E-state index contributed by atoms with van der Waals surface area (Å²) in [6.45, 7) is 1.95. The molecular formula is C14H20F2N2. The molecule has 100 valence electrons. The summed E-state index contributed by atoms with van der Waals surface area (Å²) >= 11 is 0. The molecule has 0 amide bonds. The Hall–Kier alpha value is -1.16. The maximum atomic E-state index is 13.1. The van der Waals surface area contributed by atoms with E-state index in [1.807, 2.05) is 11.9 Å². The first-order valence-corrected chi connectivity index (χ1v) is 6.56. The average Bonchev–Trinajstić information content (AvgIpc) is 2.40. The van der Waals surface area contributed by atoms with Crippen LogP contribution in [0.5, 0.6) is 0 Å². The Balaban J connectivity index is 1.86. The number of hydrogen-bond donors (Lipinski definition) is 1. The van der Waals surface area contributed by atoms with Crippen molar-refractivity contribution >= 4 is 5.69 Å². The first-order valence-electron chi connectivity index (χ1n) is 6.56. The van der Waals surface area contributed by atoms with Crippen molar-refractivity contribution in [3.63, 3.8) is 0 Å². The maximum Gasteiger partial charge on any atom is 0.160 e. The molecule has 1 fully saturated rings. The van der Waals surface area contributed by atoms with Crippen molar-refractivity contribution in [3.05, 3.63) is 29.8 Å². The molecule has 1 aliphatic heterocycles. The second-order valence-corrected chi connectivity index (χ2v) is 4.96. The van der Waals surface area contributed by atoms with Crippen LogP contribution in [0.3, 0.4) is 0 Å². The first-order chi connectivity index (χ1) is 8.66. The molecule has 1 aromatic carbocycles. The first kappa shape index (κ1) is 13.3. The maximum absolute atomic E-state index is 13.1. The molecule has 0 bridgehead atoms. The molecule has 0 saturated carbocycles. The van der Waals surface area contributed by atoms with Crippen molar-refractivity contribution in [2.24, 2.45) is 0 Å². The lowest BCUT2D eigenvalue weighted by Gasteiger charge is -2.26. The highest BCUT2D eigenvalue weighted by molar-refractivity contribution is 5.45. The minimum Gasteiger partial charge on any atom is -0.374 e. The van der Waals surface area contributed by atoms with E-state index in [-0.39, 0.29) is 0 Å². The highest BCUT2D eigenvalue weighted by Gasteiger charge is 2.13. The molecule has 1 atom stereocenters. The van der Waals surface area contributed by atoms with Crippen LogP contribution in [-0.2, 0) is 0 Å². The smallest absolute Gasteiger partial charge is 0.160 e. The monoisotopic (exact) mass is 254 g/mol. The van der Waals surface area contributed by atoms with E-state index >= 15 is 0 Å². The van der Waals surface area contributed by atoms with E-state index in [4.69, 9.17) is 0 Å². The van der Waals surface area contributed by atoms with E-state index in [9.17, 15) is 8.78 Å². The third-order valence-electron chi connectivity index (χ3n) is 3.57. The molecule has 0 aromatic heterocycles. The van der Waals surface area contributed by atoms with Crippen molar-refractivity contribution < 1.29 is 8.78 Å². The summed E-state index contributed by atoms with van der Waals surface area (Å²) < 4.78 is 26.0. The zero-order valence-corrected chi connectivity index (χ0v) is 10.8. The number of piperidine rings is 1. The molecular weight excluding hydrogens is 234 g/mol. The van der Waals surface area contributed by atoms with Crippen LogP contribution in [0.25, 0.3) is 0 Å². The van der Waals surface area contributed by atoms with Crippen LogP contribution in [0.2, 0.25) is 0 Å². The average molecular weight is 254 g/mol. The Kier molecular flexibility index (Phi) is 4.53. The van der Waals surface area contributed by atoms with Gasteiger partial charge in [0.1, 0.15) is 0 Å². The van der Waals surface area contributed by atoms with Gasteiger partial charge in [0.2, 0.25) is 0 Å². The van der Waals surface area contributed by atoms with Crippen LogP contribution < -0.4 is 10.2 Å². The van der Waals surface area contributed by atoms with Crippen molar-refractivity contribution in [3.8, 4) is 0 Å². The van der Waals surface area contributed by atoms with Gasteiger partial charge in [-0.25, -0.2) is 8.78 Å². The van der Waals surface area contributed by atoms with Gasteiger partial charge in [-0.1, -0.05) is 6.42 Å². The molecule has 1 saturated heterocycles. The van der Waals surface area contributed by atoms with Gasteiger partial charge < -0.3 is 10.2 Å². The SMILES string of the molecule is CN(CCC1CCCCN1)c1ccc(F)c(F)c1. The van der Waals surface area contributed by atoms with Crippen LogP contribution in [0, 0.1) is 11.6 Å². The van der Waals surface area contributed by atoms with Crippen LogP contribution in [0.1, 0.15) is 25.7 Å². The van der Waals surface area contributed by atoms with Gasteiger partial charge in [0.05, 0.1) is 0 Å². The highest BCUT2D eigenvalue weighted by Crippen LogP contribution is 2.18. The summed E-state index contributed by atoms with van der Waals surface area (Å²) in [4.78, 5) is 1.97. The molecule has 2 rings (SSSR count). The molecule has 0 aliphatic carbocycles. The normalized spacial score (nSPS) is 19.8. The fourth-order valence-corrected chi connectivity index (χ4v) is 2.37. The van der Waals surface area contributed by atoms with Gasteiger partial charge in [0, 0.05) is 31.4 Å². The largest absolute Gasteiger partial charge is 0.374 e. The molecule has 1 heterocycles. The number of anilines is 1. The summed E-state index contributed by atoms with van der Waals surface area (Å²) in [6.07, 6.45) is 4.79. The third kappa shape index (κ3) is 3.42. The summed E-state index contributed by atoms with van der Waals surface area (Å²) in [6, 6.07) is 4.61. The molecule has 2 nitrogen and oxygen atoms in total. The number of halogens is 2. The minimum atomic E-state index is -0.791. The Morgan fingerprint density at radius 1 is 1.28 bits per heavy atom. The van der Waals surface area contributed by atoms with E-state index in [1.54, 1.807) is 6.07 Å². The van der Waals surface area contributed by atoms with Crippen molar-refractivity contribution in [2.75, 3.05) is 25.0 Å². The highest BCUT2D eigenvalue weighted by atomic mass is 19.2. The van der Waals surface area contributed by atoms with Gasteiger partial charge in [-0.2, -0.15) is 0 Å². The number of rotatable bonds is 4. The summed E-state index contributed by atoms with van der Waals surface area (Å²) in [7, 11) is 1.91. The van der Waals surface area contributed by atoms with Gasteiger partial charge in [-0.3, -0.25) is 0 Å². The molecule has 4 heteroatoms. The topological polar surface area (TPSA) is 15.3 Å². The van der Waals surface area contributed by atoms with E-state index in [0.717, 1.165) is 25.2 Å². The van der Waals surface area contributed by atoms with Gasteiger partial charge in [0.25, 0.3) is 0 Å². The Labute approximate surface area is 107 Å². The van der Waals surface area contributed by atoms with E-state index in [2.05, 4.69) is 5.32 Å². The van der Waals surface area contributed by atoms with E-state index in [0.29, 0.717) is 6.04 Å². The molecule has 0 spiro atoms.